The molecular formula is C28H19N3O3S. The van der Waals surface area contributed by atoms with E-state index in [-0.39, 0.29) is 11.8 Å². The maximum atomic E-state index is 13.5. The average molecular weight is 478 g/mol. The highest BCUT2D eigenvalue weighted by Crippen LogP contribution is 2.38. The molecule has 2 aromatic carbocycles. The first-order valence-electron chi connectivity index (χ1n) is 11.1. The summed E-state index contributed by atoms with van der Waals surface area (Å²) in [5, 5.41) is 9.41. The molecule has 0 saturated carbocycles. The largest absolute Gasteiger partial charge is 0.467 e. The van der Waals surface area contributed by atoms with Crippen molar-refractivity contribution >= 4 is 41.0 Å². The van der Waals surface area contributed by atoms with Crippen molar-refractivity contribution in [3.8, 4) is 0 Å². The fourth-order valence-electron chi connectivity index (χ4n) is 4.52. The zero-order valence-electron chi connectivity index (χ0n) is 18.5. The molecule has 0 spiro atoms. The van der Waals surface area contributed by atoms with Crippen LogP contribution in [0, 0.1) is 0 Å². The normalized spacial score (nSPS) is 17.3. The second-order valence-electron chi connectivity index (χ2n) is 8.29. The van der Waals surface area contributed by atoms with Crippen molar-refractivity contribution in [3.05, 3.63) is 122 Å². The number of carbonyl (C=O) groups excluding carboxylic acids is 2. The van der Waals surface area contributed by atoms with E-state index in [1.54, 1.807) is 18.4 Å². The number of benzene rings is 2. The van der Waals surface area contributed by atoms with Crippen LogP contribution in [0.15, 0.2) is 105 Å². The van der Waals surface area contributed by atoms with Gasteiger partial charge in [-0.1, -0.05) is 49.0 Å². The van der Waals surface area contributed by atoms with Crippen LogP contribution in [-0.4, -0.2) is 22.5 Å². The molecule has 6 nitrogen and oxygen atoms in total. The Kier molecular flexibility index (Phi) is 5.12. The van der Waals surface area contributed by atoms with Crippen LogP contribution in [0.2, 0.25) is 0 Å². The molecule has 0 fully saturated rings. The molecule has 4 aromatic rings. The number of fused-ring (bicyclic) bond motifs is 1. The van der Waals surface area contributed by atoms with E-state index in [9.17, 15) is 9.59 Å². The second kappa shape index (κ2) is 8.45. The van der Waals surface area contributed by atoms with Gasteiger partial charge in [0.25, 0.3) is 11.8 Å². The Morgan fingerprint density at radius 3 is 2.63 bits per heavy atom. The lowest BCUT2D eigenvalue weighted by Gasteiger charge is -2.19. The van der Waals surface area contributed by atoms with Gasteiger partial charge in [-0.05, 0) is 46.5 Å². The zero-order chi connectivity index (χ0) is 23.9. The molecule has 170 valence electrons. The van der Waals surface area contributed by atoms with Crippen LogP contribution in [0.25, 0.3) is 12.2 Å². The summed E-state index contributed by atoms with van der Waals surface area (Å²) in [6.07, 6.45) is 1.90. The Hall–Kier alpha value is -4.36. The van der Waals surface area contributed by atoms with Gasteiger partial charge in [0.2, 0.25) is 0 Å². The van der Waals surface area contributed by atoms with E-state index >= 15 is 0 Å². The van der Waals surface area contributed by atoms with Crippen LogP contribution in [0.3, 0.4) is 0 Å². The lowest BCUT2D eigenvalue weighted by Crippen LogP contribution is -2.26. The van der Waals surface area contributed by atoms with Crippen LogP contribution in [0.5, 0.6) is 0 Å². The van der Waals surface area contributed by atoms with Crippen LogP contribution < -0.4 is 10.6 Å². The van der Waals surface area contributed by atoms with Crippen molar-refractivity contribution in [2.75, 3.05) is 0 Å². The Morgan fingerprint density at radius 1 is 1.03 bits per heavy atom. The van der Waals surface area contributed by atoms with Crippen LogP contribution >= 0.6 is 11.3 Å². The van der Waals surface area contributed by atoms with Crippen LogP contribution in [0.1, 0.15) is 39.0 Å². The molecule has 0 aliphatic carbocycles. The molecule has 0 bridgehead atoms. The van der Waals surface area contributed by atoms with Crippen molar-refractivity contribution in [3.63, 3.8) is 0 Å². The monoisotopic (exact) mass is 477 g/mol. The number of hydrazone groups is 1. The lowest BCUT2D eigenvalue weighted by atomic mass is 9.86. The summed E-state index contributed by atoms with van der Waals surface area (Å²) in [5.74, 6) is -0.00871. The van der Waals surface area contributed by atoms with Crippen molar-refractivity contribution in [1.29, 1.82) is 0 Å². The summed E-state index contributed by atoms with van der Waals surface area (Å²) in [7, 11) is 0. The first-order valence-corrected chi connectivity index (χ1v) is 12.0. The van der Waals surface area contributed by atoms with Gasteiger partial charge in [0.1, 0.15) is 11.8 Å². The molecule has 1 atom stereocenters. The molecule has 4 heterocycles. The van der Waals surface area contributed by atoms with E-state index in [0.717, 1.165) is 21.9 Å². The minimum absolute atomic E-state index is 0.237. The van der Waals surface area contributed by atoms with Gasteiger partial charge < -0.3 is 4.42 Å². The summed E-state index contributed by atoms with van der Waals surface area (Å²) >= 11 is 1.35. The summed E-state index contributed by atoms with van der Waals surface area (Å²) in [6, 6.07) is 22.0. The highest BCUT2D eigenvalue weighted by Gasteiger charge is 2.39. The van der Waals surface area contributed by atoms with Crippen molar-refractivity contribution in [1.82, 2.24) is 5.01 Å². The highest BCUT2D eigenvalue weighted by molar-refractivity contribution is 7.12. The Balaban J connectivity index is 1.56. The SMILES string of the molecule is C=c1ccc2c(c1)C(c1ccccc1)=C(C1=NN(C(=O)c3cccs3)C(c3ccco3)C1)C(=O)N=2. The summed E-state index contributed by atoms with van der Waals surface area (Å²) in [6.45, 7) is 4.06. The summed E-state index contributed by atoms with van der Waals surface area (Å²) in [5.41, 5.74) is 3.33. The quantitative estimate of drug-likeness (QED) is 0.438. The minimum atomic E-state index is -0.465. The third kappa shape index (κ3) is 3.66. The molecular weight excluding hydrogens is 458 g/mol. The number of thiophene rings is 1. The third-order valence-corrected chi connectivity index (χ3v) is 6.95. The van der Waals surface area contributed by atoms with Crippen molar-refractivity contribution in [2.24, 2.45) is 10.1 Å². The van der Waals surface area contributed by atoms with Gasteiger partial charge in [-0.15, -0.1) is 11.3 Å². The molecule has 1 unspecified atom stereocenters. The number of hydrogen-bond acceptors (Lipinski definition) is 5. The first-order chi connectivity index (χ1) is 17.1. The number of nitrogens with zero attached hydrogens (tertiary/aromatic N) is 3. The fraction of sp³-hybridized carbons (Fsp3) is 0.0714. The molecule has 2 aliphatic heterocycles. The van der Waals surface area contributed by atoms with E-state index < -0.39 is 6.04 Å². The number of hydrogen-bond donors (Lipinski definition) is 0. The molecule has 2 aromatic heterocycles. The molecule has 0 radical (unpaired) electrons. The molecule has 7 heteroatoms. The molecule has 35 heavy (non-hydrogen) atoms. The van der Waals surface area contributed by atoms with Crippen molar-refractivity contribution < 1.29 is 14.0 Å². The highest BCUT2D eigenvalue weighted by atomic mass is 32.1. The van der Waals surface area contributed by atoms with Gasteiger partial charge in [-0.25, -0.2) is 10.0 Å². The van der Waals surface area contributed by atoms with Gasteiger partial charge in [-0.3, -0.25) is 9.59 Å². The van der Waals surface area contributed by atoms with Gasteiger partial charge in [-0.2, -0.15) is 5.10 Å². The molecule has 6 rings (SSSR count). The first kappa shape index (κ1) is 21.2. The van der Waals surface area contributed by atoms with Crippen LogP contribution in [-0.2, 0) is 4.79 Å². The second-order valence-corrected chi connectivity index (χ2v) is 9.24. The zero-order valence-corrected chi connectivity index (χ0v) is 19.4. The predicted octanol–water partition coefficient (Wildman–Crippen LogP) is 4.36. The summed E-state index contributed by atoms with van der Waals surface area (Å²) in [4.78, 5) is 31.8. The van der Waals surface area contributed by atoms with Gasteiger partial charge in [0.05, 0.1) is 27.8 Å². The summed E-state index contributed by atoms with van der Waals surface area (Å²) < 4.78 is 5.66. The smallest absolute Gasteiger partial charge is 0.284 e. The topological polar surface area (TPSA) is 75.2 Å². The van der Waals surface area contributed by atoms with Gasteiger partial charge in [0, 0.05) is 17.6 Å². The number of carbonyl (C=O) groups is 2. The Morgan fingerprint density at radius 2 is 1.89 bits per heavy atom. The Bertz CT molecular complexity index is 1620. The lowest BCUT2D eigenvalue weighted by molar-refractivity contribution is -0.114. The van der Waals surface area contributed by atoms with E-state index in [0.29, 0.717) is 33.7 Å². The predicted molar refractivity (Wildman–Crippen MR) is 134 cm³/mol. The van der Waals surface area contributed by atoms with Crippen molar-refractivity contribution in [2.45, 2.75) is 12.5 Å². The maximum Gasteiger partial charge on any atom is 0.284 e. The Labute approximate surface area is 204 Å². The number of amides is 2. The average Bonchev–Trinajstić information content (AvgIpc) is 3.65. The van der Waals surface area contributed by atoms with Gasteiger partial charge >= 0.3 is 0 Å². The molecule has 0 N–H and O–H groups in total. The standard InChI is InChI=1S/C28H19N3O3S/c1-17-11-12-20-19(15-17)25(18-7-3-2-4-8-18)26(27(32)29-20)21-16-22(23-9-5-13-34-23)31(30-21)28(33)24-10-6-14-35-24/h2-15,22H,1,16H2. The van der Waals surface area contributed by atoms with E-state index in [1.807, 2.05) is 66.0 Å². The van der Waals surface area contributed by atoms with E-state index in [2.05, 4.69) is 11.6 Å². The third-order valence-electron chi connectivity index (χ3n) is 6.09. The molecule has 2 amide bonds. The minimum Gasteiger partial charge on any atom is -0.467 e. The van der Waals surface area contributed by atoms with E-state index in [4.69, 9.17) is 9.52 Å². The van der Waals surface area contributed by atoms with Crippen LogP contribution in [0.4, 0.5) is 0 Å². The maximum absolute atomic E-state index is 13.5. The number of furan rings is 1. The number of rotatable bonds is 4. The van der Waals surface area contributed by atoms with E-state index in [1.165, 1.54) is 16.3 Å². The fourth-order valence-corrected chi connectivity index (χ4v) is 5.18. The molecule has 0 saturated heterocycles. The molecule has 2 aliphatic rings. The van der Waals surface area contributed by atoms with Gasteiger partial charge in [0.15, 0.2) is 0 Å².